The number of carbonyl (C=O) groups excluding carboxylic acids is 1. The molecule has 17 heavy (non-hydrogen) atoms. The molecule has 0 aromatic carbocycles. The molecule has 0 aromatic heterocycles. The van der Waals surface area contributed by atoms with Gasteiger partial charge in [-0.05, 0) is 38.5 Å². The van der Waals surface area contributed by atoms with Crippen LogP contribution in [-0.4, -0.2) is 30.8 Å². The fraction of sp³-hybridized carbons (Fsp3) is 0.929. The smallest absolute Gasteiger partial charge is 0.189 e. The normalized spacial score (nSPS) is 38.9. The molecule has 2 unspecified atom stereocenters. The summed E-state index contributed by atoms with van der Waals surface area (Å²) in [7, 11) is 0. The van der Waals surface area contributed by atoms with E-state index in [1.807, 2.05) is 0 Å². The highest BCUT2D eigenvalue weighted by Gasteiger charge is 2.29. The summed E-state index contributed by atoms with van der Waals surface area (Å²) >= 11 is 6.08. The van der Waals surface area contributed by atoms with E-state index in [-0.39, 0.29) is 0 Å². The third kappa shape index (κ3) is 3.96. The zero-order chi connectivity index (χ0) is 12.3. The Balaban J connectivity index is 1.76. The van der Waals surface area contributed by atoms with Gasteiger partial charge in [0.05, 0.1) is 13.1 Å². The predicted molar refractivity (Wildman–Crippen MR) is 70.6 cm³/mol. The first kappa shape index (κ1) is 13.4. The van der Waals surface area contributed by atoms with Crippen molar-refractivity contribution >= 4 is 17.4 Å². The molecule has 0 radical (unpaired) electrons. The van der Waals surface area contributed by atoms with E-state index in [1.165, 1.54) is 30.8 Å². The van der Waals surface area contributed by atoms with E-state index < -0.39 is 0 Å². The molecule has 1 saturated carbocycles. The third-order valence-corrected chi connectivity index (χ3v) is 4.84. The lowest BCUT2D eigenvalue weighted by Gasteiger charge is -2.29. The van der Waals surface area contributed by atoms with Crippen LogP contribution in [0.15, 0.2) is 0 Å². The van der Waals surface area contributed by atoms with Crippen molar-refractivity contribution < 1.29 is 9.69 Å². The number of quaternary nitrogens is 1. The molecule has 0 aromatic rings. The Morgan fingerprint density at radius 3 is 2.59 bits per heavy atom. The van der Waals surface area contributed by atoms with Crippen LogP contribution in [0.1, 0.15) is 45.4 Å². The van der Waals surface area contributed by atoms with Gasteiger partial charge in [0.1, 0.15) is 6.54 Å². The first-order chi connectivity index (χ1) is 8.15. The maximum atomic E-state index is 12.2. The van der Waals surface area contributed by atoms with Gasteiger partial charge in [0.25, 0.3) is 0 Å². The van der Waals surface area contributed by atoms with Gasteiger partial charge in [0, 0.05) is 17.2 Å². The van der Waals surface area contributed by atoms with Gasteiger partial charge < -0.3 is 4.90 Å². The molecule has 1 heterocycles. The van der Waals surface area contributed by atoms with Crippen LogP contribution in [0.25, 0.3) is 0 Å². The van der Waals surface area contributed by atoms with Crippen molar-refractivity contribution in [3.8, 4) is 0 Å². The average Bonchev–Trinajstić information content (AvgIpc) is 2.29. The van der Waals surface area contributed by atoms with Crippen LogP contribution in [0.4, 0.5) is 0 Å². The highest BCUT2D eigenvalue weighted by molar-refractivity contribution is 6.20. The van der Waals surface area contributed by atoms with Gasteiger partial charge in [-0.15, -0.1) is 11.6 Å². The Hall–Kier alpha value is -0.0800. The molecular formula is C14H25ClNO+. The van der Waals surface area contributed by atoms with E-state index >= 15 is 0 Å². The minimum atomic E-state index is 0.315. The predicted octanol–water partition coefficient (Wildman–Crippen LogP) is 1.67. The van der Waals surface area contributed by atoms with Crippen LogP contribution in [0.5, 0.6) is 0 Å². The summed E-state index contributed by atoms with van der Waals surface area (Å²) in [6.07, 6.45) is 6.74. The van der Waals surface area contributed by atoms with Crippen molar-refractivity contribution in [2.24, 2.45) is 11.8 Å². The molecule has 0 amide bonds. The number of likely N-dealkylation sites (tertiary alicyclic amines) is 1. The van der Waals surface area contributed by atoms with Crippen LogP contribution in [-0.2, 0) is 4.79 Å². The van der Waals surface area contributed by atoms with Gasteiger partial charge >= 0.3 is 0 Å². The number of ketones is 1. The zero-order valence-corrected chi connectivity index (χ0v) is 11.6. The fourth-order valence-corrected chi connectivity index (χ4v) is 3.58. The van der Waals surface area contributed by atoms with E-state index in [4.69, 9.17) is 11.6 Å². The molecule has 3 heteroatoms. The number of alkyl halides is 1. The van der Waals surface area contributed by atoms with E-state index in [0.29, 0.717) is 17.1 Å². The molecule has 2 fully saturated rings. The van der Waals surface area contributed by atoms with Crippen LogP contribution >= 0.6 is 11.6 Å². The molecule has 2 nitrogen and oxygen atoms in total. The van der Waals surface area contributed by atoms with Crippen LogP contribution in [0.3, 0.4) is 0 Å². The summed E-state index contributed by atoms with van der Waals surface area (Å²) in [5.41, 5.74) is 0. The summed E-state index contributed by atoms with van der Waals surface area (Å²) in [5.74, 6) is 1.61. The van der Waals surface area contributed by atoms with Crippen molar-refractivity contribution in [1.29, 1.82) is 0 Å². The first-order valence-electron chi connectivity index (χ1n) is 7.15. The van der Waals surface area contributed by atoms with Gasteiger partial charge in [-0.25, -0.2) is 0 Å². The lowest BCUT2D eigenvalue weighted by atomic mass is 9.85. The monoisotopic (exact) mass is 258 g/mol. The Kier molecular flexibility index (Phi) is 4.87. The quantitative estimate of drug-likeness (QED) is 0.764. The molecule has 2 aliphatic rings. The number of Topliss-reactive ketones (excluding diaryl/α,β-unsaturated/α-hetero) is 1. The van der Waals surface area contributed by atoms with Crippen molar-refractivity contribution in [3.05, 3.63) is 0 Å². The Morgan fingerprint density at radius 2 is 1.94 bits per heavy atom. The Labute approximate surface area is 110 Å². The van der Waals surface area contributed by atoms with E-state index in [1.54, 1.807) is 0 Å². The molecular weight excluding hydrogens is 234 g/mol. The molecule has 0 spiro atoms. The van der Waals surface area contributed by atoms with Gasteiger partial charge in [-0.1, -0.05) is 6.92 Å². The molecule has 1 N–H and O–H groups in total. The summed E-state index contributed by atoms with van der Waals surface area (Å²) in [4.78, 5) is 13.7. The van der Waals surface area contributed by atoms with Crippen LogP contribution < -0.4 is 4.90 Å². The highest BCUT2D eigenvalue weighted by atomic mass is 35.5. The van der Waals surface area contributed by atoms with E-state index in [9.17, 15) is 4.79 Å². The molecule has 1 saturated heterocycles. The Morgan fingerprint density at radius 1 is 1.24 bits per heavy atom. The first-order valence-corrected chi connectivity index (χ1v) is 7.59. The second-order valence-electron chi connectivity index (χ2n) is 6.04. The van der Waals surface area contributed by atoms with Crippen molar-refractivity contribution in [3.63, 3.8) is 0 Å². The molecule has 98 valence electrons. The second kappa shape index (κ2) is 6.19. The number of nitrogens with one attached hydrogen (secondary N) is 1. The molecule has 2 atom stereocenters. The topological polar surface area (TPSA) is 21.5 Å². The minimum absolute atomic E-state index is 0.315. The lowest BCUT2D eigenvalue weighted by Crippen LogP contribution is -3.14. The SMILES string of the molecule is CC1CCC[NH+](CC(=O)C2CCC(Cl)CC2)C1. The standard InChI is InChI=1S/C14H24ClNO/c1-11-3-2-8-16(9-11)10-14(17)12-4-6-13(15)7-5-12/h11-13H,2-10H2,1H3/p+1. The summed E-state index contributed by atoms with van der Waals surface area (Å²) in [6.45, 7) is 5.46. The highest BCUT2D eigenvalue weighted by Crippen LogP contribution is 2.27. The van der Waals surface area contributed by atoms with Crippen molar-refractivity contribution in [2.45, 2.75) is 50.8 Å². The number of carbonyl (C=O) groups is 1. The average molecular weight is 259 g/mol. The largest absolute Gasteiger partial charge is 0.329 e. The summed E-state index contributed by atoms with van der Waals surface area (Å²) in [6, 6.07) is 0. The van der Waals surface area contributed by atoms with E-state index in [2.05, 4.69) is 6.92 Å². The zero-order valence-electron chi connectivity index (χ0n) is 10.9. The summed E-state index contributed by atoms with van der Waals surface area (Å²) < 4.78 is 0. The van der Waals surface area contributed by atoms with Crippen molar-refractivity contribution in [1.82, 2.24) is 0 Å². The van der Waals surface area contributed by atoms with Crippen molar-refractivity contribution in [2.75, 3.05) is 19.6 Å². The van der Waals surface area contributed by atoms with Crippen LogP contribution in [0, 0.1) is 11.8 Å². The second-order valence-corrected chi connectivity index (χ2v) is 6.66. The number of rotatable bonds is 3. The maximum absolute atomic E-state index is 12.2. The minimum Gasteiger partial charge on any atom is -0.329 e. The Bertz CT molecular complexity index is 261. The van der Waals surface area contributed by atoms with Crippen LogP contribution in [0.2, 0.25) is 0 Å². The number of halogens is 1. The van der Waals surface area contributed by atoms with Gasteiger partial charge in [0.15, 0.2) is 5.78 Å². The number of hydrogen-bond acceptors (Lipinski definition) is 1. The molecule has 1 aliphatic heterocycles. The fourth-order valence-electron chi connectivity index (χ4n) is 3.32. The molecule has 0 bridgehead atoms. The van der Waals surface area contributed by atoms with Gasteiger partial charge in [-0.3, -0.25) is 4.79 Å². The molecule has 2 rings (SSSR count). The number of piperidine rings is 1. The maximum Gasteiger partial charge on any atom is 0.189 e. The third-order valence-electron chi connectivity index (χ3n) is 4.40. The molecule has 1 aliphatic carbocycles. The summed E-state index contributed by atoms with van der Waals surface area (Å²) in [5, 5.41) is 0.321. The van der Waals surface area contributed by atoms with Gasteiger partial charge in [-0.2, -0.15) is 0 Å². The lowest BCUT2D eigenvalue weighted by molar-refractivity contribution is -0.900. The number of hydrogen-bond donors (Lipinski definition) is 1. The van der Waals surface area contributed by atoms with E-state index in [0.717, 1.165) is 38.1 Å². The van der Waals surface area contributed by atoms with Gasteiger partial charge in [0.2, 0.25) is 0 Å².